The van der Waals surface area contributed by atoms with Crippen LogP contribution in [0.3, 0.4) is 0 Å². The summed E-state index contributed by atoms with van der Waals surface area (Å²) in [7, 11) is 0. The summed E-state index contributed by atoms with van der Waals surface area (Å²) >= 11 is 7.88. The monoisotopic (exact) mass is 636 g/mol. The van der Waals surface area contributed by atoms with Crippen molar-refractivity contribution < 1.29 is 0 Å². The Morgan fingerprint density at radius 3 is 1.39 bits per heavy atom. The van der Waals surface area contributed by atoms with Gasteiger partial charge in [-0.15, -0.1) is 0 Å². The third kappa shape index (κ3) is 6.02. The van der Waals surface area contributed by atoms with E-state index in [0.717, 1.165) is 12.8 Å². The molecule has 0 bridgehead atoms. The van der Waals surface area contributed by atoms with Gasteiger partial charge in [0.1, 0.15) is 0 Å². The predicted molar refractivity (Wildman–Crippen MR) is 174 cm³/mol. The first-order valence-corrected chi connectivity index (χ1v) is 16.7. The molecule has 204 valence electrons. The van der Waals surface area contributed by atoms with Crippen LogP contribution in [0.2, 0.25) is 0 Å². The molecule has 0 N–H and O–H groups in total. The van der Waals surface area contributed by atoms with E-state index in [0.29, 0.717) is 0 Å². The van der Waals surface area contributed by atoms with Crippen LogP contribution in [0.1, 0.15) is 125 Å². The number of unbranched alkanes of at least 4 members (excludes halogenated alkanes) is 6. The third-order valence-electron chi connectivity index (χ3n) is 8.77. The topological polar surface area (TPSA) is 0 Å². The molecule has 4 rings (SSSR count). The first kappa shape index (κ1) is 29.6. The molecule has 0 atom stereocenters. The fraction of sp³-hybridized carbons (Fsp3) is 0.500. The molecular formula is C36H46Br2. The van der Waals surface area contributed by atoms with Gasteiger partial charge in [-0.25, -0.2) is 0 Å². The molecular weight excluding hydrogens is 592 g/mol. The predicted octanol–water partition coefficient (Wildman–Crippen LogP) is 11.9. The molecule has 0 unspecified atom stereocenters. The van der Waals surface area contributed by atoms with Gasteiger partial charge < -0.3 is 0 Å². The van der Waals surface area contributed by atoms with Crippen molar-refractivity contribution in [1.29, 1.82) is 0 Å². The first-order valence-electron chi connectivity index (χ1n) is 15.2. The Balaban J connectivity index is 1.87. The highest BCUT2D eigenvalue weighted by Crippen LogP contribution is 2.55. The number of fused-ring (bicyclic) bond motifs is 3. The van der Waals surface area contributed by atoms with Crippen molar-refractivity contribution in [1.82, 2.24) is 0 Å². The Kier molecular flexibility index (Phi) is 10.4. The lowest BCUT2D eigenvalue weighted by Gasteiger charge is -2.30. The second-order valence-corrected chi connectivity index (χ2v) is 13.2. The van der Waals surface area contributed by atoms with Crippen molar-refractivity contribution in [2.75, 3.05) is 0 Å². The van der Waals surface area contributed by atoms with Crippen LogP contribution in [0.15, 0.2) is 51.4 Å². The summed E-state index contributed by atoms with van der Waals surface area (Å²) in [5.41, 5.74) is 12.8. The summed E-state index contributed by atoms with van der Waals surface area (Å²) in [6.45, 7) is 11.6. The number of hydrogen-bond donors (Lipinski definition) is 0. The smallest absolute Gasteiger partial charge is 0.0436 e. The highest BCUT2D eigenvalue weighted by molar-refractivity contribution is 9.10. The van der Waals surface area contributed by atoms with E-state index in [1.54, 1.807) is 0 Å². The molecule has 3 aromatic rings. The van der Waals surface area contributed by atoms with Crippen LogP contribution in [0.25, 0.3) is 11.1 Å². The van der Waals surface area contributed by atoms with Gasteiger partial charge in [0, 0.05) is 14.4 Å². The fourth-order valence-electron chi connectivity index (χ4n) is 6.36. The number of aryl methyl sites for hydroxylation is 4. The van der Waals surface area contributed by atoms with Crippen LogP contribution < -0.4 is 0 Å². The van der Waals surface area contributed by atoms with Gasteiger partial charge in [-0.05, 0) is 120 Å². The van der Waals surface area contributed by atoms with Gasteiger partial charge in [-0.1, -0.05) is 116 Å². The average molecular weight is 639 g/mol. The van der Waals surface area contributed by atoms with Gasteiger partial charge in [0.05, 0.1) is 0 Å². The molecule has 1 aliphatic carbocycles. The summed E-state index contributed by atoms with van der Waals surface area (Å²) in [6, 6.07) is 17.4. The highest BCUT2D eigenvalue weighted by atomic mass is 79.9. The second kappa shape index (κ2) is 13.3. The molecule has 0 heterocycles. The Labute approximate surface area is 249 Å². The summed E-state index contributed by atoms with van der Waals surface area (Å²) in [5, 5.41) is 0. The highest BCUT2D eigenvalue weighted by Gasteiger charge is 2.42. The van der Waals surface area contributed by atoms with E-state index in [4.69, 9.17) is 0 Å². The van der Waals surface area contributed by atoms with Gasteiger partial charge in [-0.3, -0.25) is 0 Å². The number of halogens is 2. The molecule has 0 amide bonds. The minimum absolute atomic E-state index is 0.175. The molecule has 0 fully saturated rings. The molecule has 0 nitrogen and oxygen atoms in total. The zero-order chi connectivity index (χ0) is 27.3. The number of benzene rings is 3. The largest absolute Gasteiger partial charge is 0.0654 e. The average Bonchev–Trinajstić information content (AvgIpc) is 3.15. The van der Waals surface area contributed by atoms with Crippen LogP contribution in [0.5, 0.6) is 0 Å². The molecule has 0 radical (unpaired) electrons. The van der Waals surface area contributed by atoms with E-state index in [1.165, 1.54) is 123 Å². The Morgan fingerprint density at radius 2 is 1.00 bits per heavy atom. The Morgan fingerprint density at radius 1 is 0.553 bits per heavy atom. The van der Waals surface area contributed by atoms with Crippen molar-refractivity contribution in [2.24, 2.45) is 0 Å². The maximum absolute atomic E-state index is 3.94. The van der Waals surface area contributed by atoms with Crippen molar-refractivity contribution in [3.8, 4) is 11.1 Å². The van der Waals surface area contributed by atoms with Crippen LogP contribution in [0.4, 0.5) is 0 Å². The molecule has 0 spiro atoms. The lowest BCUT2D eigenvalue weighted by Crippen LogP contribution is -2.23. The minimum atomic E-state index is -0.175. The summed E-state index contributed by atoms with van der Waals surface area (Å²) in [6.07, 6.45) is 14.9. The molecule has 0 saturated heterocycles. The normalized spacial score (nSPS) is 13.6. The van der Waals surface area contributed by atoms with Gasteiger partial charge in [-0.2, -0.15) is 0 Å². The summed E-state index contributed by atoms with van der Waals surface area (Å²) in [4.78, 5) is 0. The maximum atomic E-state index is 3.94. The molecule has 3 aromatic carbocycles. The van der Waals surface area contributed by atoms with Crippen molar-refractivity contribution >= 4 is 31.9 Å². The van der Waals surface area contributed by atoms with E-state index in [1.807, 2.05) is 0 Å². The quantitative estimate of drug-likeness (QED) is 0.164. The summed E-state index contributed by atoms with van der Waals surface area (Å²) < 4.78 is 2.48. The van der Waals surface area contributed by atoms with E-state index in [2.05, 4.69) is 109 Å². The second-order valence-electron chi connectivity index (χ2n) is 11.5. The standard InChI is InChI=1S/C36H46Br2/c1-6-10-12-14-16-25-18-26(17-15-13-11-7-2)20-29(19-25)36(5)32-23-34(37)27(8-3)21-30(32)31-22-28(9-4)35(38)24-33(31)36/h18-24H,6-17H2,1-5H3. The van der Waals surface area contributed by atoms with Crippen LogP contribution in [-0.4, -0.2) is 0 Å². The van der Waals surface area contributed by atoms with E-state index < -0.39 is 0 Å². The molecule has 0 saturated carbocycles. The minimum Gasteiger partial charge on any atom is -0.0654 e. The third-order valence-corrected chi connectivity index (χ3v) is 10.2. The van der Waals surface area contributed by atoms with Crippen molar-refractivity contribution in [3.05, 3.63) is 90.4 Å². The molecule has 0 aliphatic heterocycles. The lowest BCUT2D eigenvalue weighted by molar-refractivity contribution is 0.656. The zero-order valence-electron chi connectivity index (χ0n) is 24.3. The van der Waals surface area contributed by atoms with Crippen LogP contribution in [0, 0.1) is 0 Å². The Hall–Kier alpha value is -1.38. The SMILES string of the molecule is CCCCCCc1cc(CCCCCC)cc(C2(C)c3cc(Br)c(CC)cc3-c3cc(CC)c(Br)cc32)c1. The number of hydrogen-bond acceptors (Lipinski definition) is 0. The Bertz CT molecular complexity index is 1160. The van der Waals surface area contributed by atoms with E-state index >= 15 is 0 Å². The maximum Gasteiger partial charge on any atom is 0.0436 e. The van der Waals surface area contributed by atoms with Gasteiger partial charge in [0.25, 0.3) is 0 Å². The van der Waals surface area contributed by atoms with Gasteiger partial charge in [0.15, 0.2) is 0 Å². The molecule has 38 heavy (non-hydrogen) atoms. The van der Waals surface area contributed by atoms with E-state index in [-0.39, 0.29) is 5.41 Å². The van der Waals surface area contributed by atoms with Gasteiger partial charge in [0.2, 0.25) is 0 Å². The summed E-state index contributed by atoms with van der Waals surface area (Å²) in [5.74, 6) is 0. The molecule has 2 heteroatoms. The fourth-order valence-corrected chi connectivity index (χ4v) is 7.61. The van der Waals surface area contributed by atoms with Crippen molar-refractivity contribution in [3.63, 3.8) is 0 Å². The van der Waals surface area contributed by atoms with Crippen LogP contribution in [-0.2, 0) is 31.1 Å². The zero-order valence-corrected chi connectivity index (χ0v) is 27.5. The lowest BCUT2D eigenvalue weighted by atomic mass is 9.73. The van der Waals surface area contributed by atoms with E-state index in [9.17, 15) is 0 Å². The van der Waals surface area contributed by atoms with Crippen LogP contribution >= 0.6 is 31.9 Å². The van der Waals surface area contributed by atoms with Crippen molar-refractivity contribution in [2.45, 2.75) is 117 Å². The molecule has 0 aromatic heterocycles. The van der Waals surface area contributed by atoms with Gasteiger partial charge >= 0.3 is 0 Å². The molecule has 1 aliphatic rings. The number of rotatable bonds is 13. The first-order chi connectivity index (χ1) is 18.4.